The summed E-state index contributed by atoms with van der Waals surface area (Å²) in [5.41, 5.74) is 4.61. The van der Waals surface area contributed by atoms with E-state index < -0.39 is 5.82 Å². The van der Waals surface area contributed by atoms with Crippen LogP contribution < -0.4 is 0 Å². The van der Waals surface area contributed by atoms with Crippen LogP contribution in [0.15, 0.2) is 54.6 Å². The highest BCUT2D eigenvalue weighted by Crippen LogP contribution is 2.30. The first-order chi connectivity index (χ1) is 15.5. The molecule has 6 heteroatoms. The highest BCUT2D eigenvalue weighted by Gasteiger charge is 2.23. The van der Waals surface area contributed by atoms with Crippen LogP contribution in [-0.4, -0.2) is 15.8 Å². The Kier molecular flexibility index (Phi) is 5.75. The summed E-state index contributed by atoms with van der Waals surface area (Å²) in [4.78, 5) is 20.6. The Morgan fingerprint density at radius 3 is 2.59 bits per heavy atom. The third-order valence-electron chi connectivity index (χ3n) is 6.25. The van der Waals surface area contributed by atoms with E-state index in [9.17, 15) is 9.18 Å². The van der Waals surface area contributed by atoms with Gasteiger partial charge in [0, 0.05) is 29.0 Å². The van der Waals surface area contributed by atoms with E-state index in [1.807, 2.05) is 12.1 Å². The van der Waals surface area contributed by atoms with Gasteiger partial charge < -0.3 is 4.98 Å². The van der Waals surface area contributed by atoms with Gasteiger partial charge in [-0.05, 0) is 60.1 Å². The van der Waals surface area contributed by atoms with E-state index in [0.717, 1.165) is 24.8 Å². The van der Waals surface area contributed by atoms with Gasteiger partial charge in [0.2, 0.25) is 0 Å². The number of nitrogens with zero attached hydrogens (tertiary/aromatic N) is 1. The Bertz CT molecular complexity index is 1310. The van der Waals surface area contributed by atoms with E-state index in [-0.39, 0.29) is 17.3 Å². The van der Waals surface area contributed by atoms with Crippen molar-refractivity contribution in [2.75, 3.05) is 0 Å². The number of nitrogens with one attached hydrogen (secondary N) is 1. The van der Waals surface area contributed by atoms with Gasteiger partial charge in [-0.25, -0.2) is 9.37 Å². The lowest BCUT2D eigenvalue weighted by molar-refractivity contribution is 0.0953. The molecule has 162 valence electrons. The molecule has 0 bridgehead atoms. The second kappa shape index (κ2) is 8.68. The number of fused-ring (bicyclic) bond motifs is 2. The molecule has 1 aromatic heterocycles. The fraction of sp³-hybridized carbons (Fsp3) is 0.231. The molecule has 5 rings (SSSR count). The first kappa shape index (κ1) is 21.2. The summed E-state index contributed by atoms with van der Waals surface area (Å²) in [5.74, 6) is 0.143. The van der Waals surface area contributed by atoms with Crippen molar-refractivity contribution in [1.82, 2.24) is 9.97 Å². The van der Waals surface area contributed by atoms with Crippen molar-refractivity contribution in [3.05, 3.63) is 98.5 Å². The van der Waals surface area contributed by atoms with Gasteiger partial charge in [0.15, 0.2) is 5.78 Å². The van der Waals surface area contributed by atoms with Crippen LogP contribution in [0.3, 0.4) is 0 Å². The van der Waals surface area contributed by atoms with E-state index in [1.54, 1.807) is 24.3 Å². The number of ketones is 1. The summed E-state index contributed by atoms with van der Waals surface area (Å²) < 4.78 is 14.8. The van der Waals surface area contributed by atoms with Gasteiger partial charge in [-0.3, -0.25) is 4.79 Å². The second-order valence-corrected chi connectivity index (χ2v) is 9.23. The quantitative estimate of drug-likeness (QED) is 0.322. The number of hydrogen-bond donors (Lipinski definition) is 1. The fourth-order valence-corrected chi connectivity index (χ4v) is 5.10. The molecule has 1 atom stereocenters. The molecule has 1 N–H and O–H groups in total. The average molecular weight is 467 g/mol. The molecule has 0 saturated carbocycles. The van der Waals surface area contributed by atoms with Crippen LogP contribution in [0, 0.1) is 11.7 Å². The normalized spacial score (nSPS) is 15.7. The summed E-state index contributed by atoms with van der Waals surface area (Å²) in [6.07, 6.45) is 3.49. The number of carbonyl (C=O) groups is 1. The molecule has 1 aliphatic rings. The molecule has 4 aromatic rings. The monoisotopic (exact) mass is 466 g/mol. The molecular weight excluding hydrogens is 446 g/mol. The number of benzene rings is 3. The van der Waals surface area contributed by atoms with E-state index in [4.69, 9.17) is 23.2 Å². The zero-order chi connectivity index (χ0) is 22.2. The number of rotatable bonds is 5. The van der Waals surface area contributed by atoms with Crippen molar-refractivity contribution >= 4 is 40.0 Å². The average Bonchev–Trinajstić information content (AvgIpc) is 3.17. The minimum atomic E-state index is -0.523. The lowest BCUT2D eigenvalue weighted by Crippen LogP contribution is -2.18. The molecule has 3 nitrogen and oxygen atoms in total. The predicted molar refractivity (Wildman–Crippen MR) is 126 cm³/mol. The zero-order valence-corrected chi connectivity index (χ0v) is 18.8. The van der Waals surface area contributed by atoms with Crippen molar-refractivity contribution in [1.29, 1.82) is 0 Å². The molecule has 0 spiro atoms. The molecule has 0 radical (unpaired) electrons. The van der Waals surface area contributed by atoms with Crippen molar-refractivity contribution in [3.63, 3.8) is 0 Å². The zero-order valence-electron chi connectivity index (χ0n) is 17.3. The molecule has 1 unspecified atom stereocenters. The topological polar surface area (TPSA) is 45.8 Å². The molecule has 0 saturated heterocycles. The molecule has 1 heterocycles. The van der Waals surface area contributed by atoms with Crippen LogP contribution in [0.5, 0.6) is 0 Å². The number of aryl methyl sites for hydroxylation is 1. The number of aromatic amines is 1. The Morgan fingerprint density at radius 2 is 1.81 bits per heavy atom. The molecule has 32 heavy (non-hydrogen) atoms. The fourth-order valence-electron chi connectivity index (χ4n) is 4.57. The second-order valence-electron chi connectivity index (χ2n) is 8.41. The lowest BCUT2D eigenvalue weighted by Gasteiger charge is -2.24. The Morgan fingerprint density at radius 1 is 1.06 bits per heavy atom. The van der Waals surface area contributed by atoms with Crippen LogP contribution >= 0.6 is 23.2 Å². The van der Waals surface area contributed by atoms with E-state index >= 15 is 0 Å². The standard InChI is InChI=1S/C26H21Cl2FN2O/c27-20-6-3-7-21(28)18(20)13-26-30-23-12-19(22(29)14-24(23)31-26)25(32)11-15-8-9-16-4-1-2-5-17(16)10-15/h1-7,12,14-15H,8-11,13H2,(H,30,31). The summed E-state index contributed by atoms with van der Waals surface area (Å²) in [7, 11) is 0. The van der Waals surface area contributed by atoms with Crippen LogP contribution in [0.4, 0.5) is 4.39 Å². The molecule has 0 aliphatic heterocycles. The number of carbonyl (C=O) groups excluding carboxylic acids is 1. The number of Topliss-reactive ketones (excluding diaryl/α,β-unsaturated/α-hetero) is 1. The van der Waals surface area contributed by atoms with Crippen molar-refractivity contribution in [2.24, 2.45) is 5.92 Å². The highest BCUT2D eigenvalue weighted by atomic mass is 35.5. The summed E-state index contributed by atoms with van der Waals surface area (Å²) in [5, 5.41) is 1.10. The lowest BCUT2D eigenvalue weighted by atomic mass is 9.81. The molecule has 1 aliphatic carbocycles. The Labute approximate surface area is 195 Å². The number of H-pyrrole nitrogens is 1. The van der Waals surface area contributed by atoms with Crippen LogP contribution in [0.25, 0.3) is 11.0 Å². The number of aromatic nitrogens is 2. The Hall–Kier alpha value is -2.69. The number of imidazole rings is 1. The van der Waals surface area contributed by atoms with Crippen LogP contribution in [0.2, 0.25) is 10.0 Å². The SMILES string of the molecule is O=C(CC1CCc2ccccc2C1)c1cc2nc(Cc3c(Cl)cccc3Cl)[nH]c2cc1F. The molecule has 0 amide bonds. The first-order valence-corrected chi connectivity index (χ1v) is 11.4. The minimum absolute atomic E-state index is 0.102. The van der Waals surface area contributed by atoms with Gasteiger partial charge >= 0.3 is 0 Å². The molecule has 0 fully saturated rings. The van der Waals surface area contributed by atoms with Gasteiger partial charge in [0.05, 0.1) is 16.6 Å². The maximum absolute atomic E-state index is 14.8. The summed E-state index contributed by atoms with van der Waals surface area (Å²) in [6.45, 7) is 0. The van der Waals surface area contributed by atoms with Gasteiger partial charge in [0.1, 0.15) is 11.6 Å². The number of halogens is 3. The van der Waals surface area contributed by atoms with E-state index in [1.165, 1.54) is 17.2 Å². The van der Waals surface area contributed by atoms with Crippen LogP contribution in [0.1, 0.15) is 45.7 Å². The Balaban J connectivity index is 1.36. The maximum Gasteiger partial charge on any atom is 0.166 e. The van der Waals surface area contributed by atoms with Gasteiger partial charge in [-0.1, -0.05) is 53.5 Å². The maximum atomic E-state index is 14.8. The highest BCUT2D eigenvalue weighted by molar-refractivity contribution is 6.36. The smallest absolute Gasteiger partial charge is 0.166 e. The summed E-state index contributed by atoms with van der Waals surface area (Å²) in [6, 6.07) is 16.6. The van der Waals surface area contributed by atoms with E-state index in [0.29, 0.717) is 39.7 Å². The minimum Gasteiger partial charge on any atom is -0.342 e. The third kappa shape index (κ3) is 4.17. The van der Waals surface area contributed by atoms with Gasteiger partial charge in [-0.15, -0.1) is 0 Å². The predicted octanol–water partition coefficient (Wildman–Crippen LogP) is 6.98. The molecule has 3 aromatic carbocycles. The molecular formula is C26H21Cl2FN2O. The van der Waals surface area contributed by atoms with Crippen molar-refractivity contribution < 1.29 is 9.18 Å². The van der Waals surface area contributed by atoms with Crippen molar-refractivity contribution in [2.45, 2.75) is 32.1 Å². The van der Waals surface area contributed by atoms with E-state index in [2.05, 4.69) is 22.1 Å². The van der Waals surface area contributed by atoms with Gasteiger partial charge in [-0.2, -0.15) is 0 Å². The van der Waals surface area contributed by atoms with Crippen LogP contribution in [-0.2, 0) is 19.3 Å². The third-order valence-corrected chi connectivity index (χ3v) is 6.96. The van der Waals surface area contributed by atoms with Crippen molar-refractivity contribution in [3.8, 4) is 0 Å². The largest absolute Gasteiger partial charge is 0.342 e. The van der Waals surface area contributed by atoms with Gasteiger partial charge in [0.25, 0.3) is 0 Å². The first-order valence-electron chi connectivity index (χ1n) is 10.7. The number of hydrogen-bond acceptors (Lipinski definition) is 2. The summed E-state index contributed by atoms with van der Waals surface area (Å²) >= 11 is 12.5.